The highest BCUT2D eigenvalue weighted by Gasteiger charge is 2.23. The van der Waals surface area contributed by atoms with Crippen LogP contribution in [0.15, 0.2) is 46.7 Å². The summed E-state index contributed by atoms with van der Waals surface area (Å²) in [5, 5.41) is 8.20. The van der Waals surface area contributed by atoms with Crippen molar-refractivity contribution in [2.24, 2.45) is 5.92 Å². The Kier molecular flexibility index (Phi) is 6.08. The van der Waals surface area contributed by atoms with Crippen LogP contribution in [0.25, 0.3) is 0 Å². The zero-order chi connectivity index (χ0) is 18.6. The molecule has 1 amide bonds. The van der Waals surface area contributed by atoms with Gasteiger partial charge in [-0.05, 0) is 54.6 Å². The maximum absolute atomic E-state index is 12.4. The highest BCUT2D eigenvalue weighted by atomic mass is 32.2. The molecule has 3 rings (SSSR count). The second kappa shape index (κ2) is 8.30. The molecule has 1 aromatic carbocycles. The summed E-state index contributed by atoms with van der Waals surface area (Å²) in [6, 6.07) is 9.88. The number of hydrogen-bond acceptors (Lipinski definition) is 5. The second-order valence-electron chi connectivity index (χ2n) is 6.48. The van der Waals surface area contributed by atoms with Crippen LogP contribution in [0.2, 0.25) is 0 Å². The van der Waals surface area contributed by atoms with Gasteiger partial charge in [0.1, 0.15) is 0 Å². The Bertz CT molecular complexity index is 833. The van der Waals surface area contributed by atoms with Crippen LogP contribution in [0.3, 0.4) is 0 Å². The number of nitrogens with one attached hydrogen (secondary N) is 3. The minimum Gasteiger partial charge on any atom is -0.348 e. The van der Waals surface area contributed by atoms with Gasteiger partial charge in [0, 0.05) is 29.6 Å². The molecule has 1 aliphatic rings. The molecule has 1 saturated heterocycles. The first-order chi connectivity index (χ1) is 12.5. The molecule has 3 N–H and O–H groups in total. The summed E-state index contributed by atoms with van der Waals surface area (Å²) in [5.74, 6) is 0.238. The average Bonchev–Trinajstić information content (AvgIpc) is 3.16. The number of carbonyl (C=O) groups excluding carboxylic acids is 1. The number of carbonyl (C=O) groups is 1. The van der Waals surface area contributed by atoms with Crippen molar-refractivity contribution in [2.75, 3.05) is 13.1 Å². The number of thiophene rings is 1. The summed E-state index contributed by atoms with van der Waals surface area (Å²) < 4.78 is 27.3. The molecule has 0 bridgehead atoms. The van der Waals surface area contributed by atoms with Crippen LogP contribution in [-0.2, 0) is 16.6 Å². The molecule has 2 atom stereocenters. The first kappa shape index (κ1) is 19.0. The quantitative estimate of drug-likeness (QED) is 0.700. The van der Waals surface area contributed by atoms with Crippen LogP contribution in [-0.4, -0.2) is 33.5 Å². The van der Waals surface area contributed by atoms with Gasteiger partial charge in [0.2, 0.25) is 10.0 Å². The average molecular weight is 394 g/mol. The fourth-order valence-corrected chi connectivity index (χ4v) is 4.63. The van der Waals surface area contributed by atoms with E-state index in [9.17, 15) is 13.2 Å². The summed E-state index contributed by atoms with van der Waals surface area (Å²) in [6.45, 7) is 4.11. The number of piperidine rings is 1. The third-order valence-corrected chi connectivity index (χ3v) is 6.88. The first-order valence-electron chi connectivity index (χ1n) is 8.59. The van der Waals surface area contributed by atoms with E-state index in [0.717, 1.165) is 24.4 Å². The molecule has 1 aromatic heterocycles. The van der Waals surface area contributed by atoms with E-state index in [0.29, 0.717) is 11.5 Å². The maximum Gasteiger partial charge on any atom is 0.251 e. The van der Waals surface area contributed by atoms with E-state index in [4.69, 9.17) is 0 Å². The number of rotatable bonds is 6. The van der Waals surface area contributed by atoms with Crippen LogP contribution < -0.4 is 15.4 Å². The standard InChI is InChI=1S/C18H23N3O3S2/c1-13-8-9-19-12-17(13)21-18(22)14-4-6-16(7-5-14)26(23,24)20-11-15-3-2-10-25-15/h2-7,10,13,17,19-20H,8-9,11-12H2,1H3,(H,21,22). The molecular weight excluding hydrogens is 370 g/mol. The van der Waals surface area contributed by atoms with Crippen molar-refractivity contribution in [3.63, 3.8) is 0 Å². The molecule has 140 valence electrons. The van der Waals surface area contributed by atoms with Gasteiger partial charge in [0.05, 0.1) is 4.90 Å². The van der Waals surface area contributed by atoms with E-state index < -0.39 is 10.0 Å². The van der Waals surface area contributed by atoms with Gasteiger partial charge in [-0.1, -0.05) is 13.0 Å². The van der Waals surface area contributed by atoms with Crippen molar-refractivity contribution >= 4 is 27.3 Å². The van der Waals surface area contributed by atoms with E-state index in [-0.39, 0.29) is 23.4 Å². The predicted octanol–water partition coefficient (Wildman–Crippen LogP) is 1.95. The predicted molar refractivity (Wildman–Crippen MR) is 103 cm³/mol. The van der Waals surface area contributed by atoms with Gasteiger partial charge in [-0.2, -0.15) is 0 Å². The molecule has 0 spiro atoms. The second-order valence-corrected chi connectivity index (χ2v) is 9.28. The first-order valence-corrected chi connectivity index (χ1v) is 11.0. The summed E-state index contributed by atoms with van der Waals surface area (Å²) in [6.07, 6.45) is 1.03. The fraction of sp³-hybridized carbons (Fsp3) is 0.389. The monoisotopic (exact) mass is 393 g/mol. The van der Waals surface area contributed by atoms with Crippen LogP contribution in [0.5, 0.6) is 0 Å². The molecule has 0 radical (unpaired) electrons. The minimum atomic E-state index is -3.60. The van der Waals surface area contributed by atoms with E-state index in [1.807, 2.05) is 17.5 Å². The van der Waals surface area contributed by atoms with Gasteiger partial charge in [0.15, 0.2) is 0 Å². The summed E-state index contributed by atoms with van der Waals surface area (Å²) in [5.41, 5.74) is 0.458. The molecule has 1 aliphatic heterocycles. The Balaban J connectivity index is 1.62. The van der Waals surface area contributed by atoms with E-state index >= 15 is 0 Å². The highest BCUT2D eigenvalue weighted by molar-refractivity contribution is 7.89. The summed E-state index contributed by atoms with van der Waals surface area (Å²) in [7, 11) is -3.60. The lowest BCUT2D eigenvalue weighted by Crippen LogP contribution is -2.50. The van der Waals surface area contributed by atoms with E-state index in [1.165, 1.54) is 23.5 Å². The van der Waals surface area contributed by atoms with Gasteiger partial charge in [-0.15, -0.1) is 11.3 Å². The molecule has 0 saturated carbocycles. The molecule has 2 heterocycles. The van der Waals surface area contributed by atoms with Crippen LogP contribution in [0, 0.1) is 5.92 Å². The van der Waals surface area contributed by atoms with Crippen molar-refractivity contribution in [2.45, 2.75) is 30.8 Å². The largest absolute Gasteiger partial charge is 0.348 e. The van der Waals surface area contributed by atoms with Gasteiger partial charge in [0.25, 0.3) is 5.91 Å². The molecule has 8 heteroatoms. The van der Waals surface area contributed by atoms with Crippen LogP contribution >= 0.6 is 11.3 Å². The van der Waals surface area contributed by atoms with Crippen LogP contribution in [0.1, 0.15) is 28.6 Å². The topological polar surface area (TPSA) is 87.3 Å². The number of hydrogen-bond donors (Lipinski definition) is 3. The smallest absolute Gasteiger partial charge is 0.251 e. The Hall–Kier alpha value is -1.74. The fourth-order valence-electron chi connectivity index (χ4n) is 2.88. The lowest BCUT2D eigenvalue weighted by Gasteiger charge is -2.30. The third kappa shape index (κ3) is 4.70. The Morgan fingerprint density at radius 2 is 2.04 bits per heavy atom. The Morgan fingerprint density at radius 3 is 2.69 bits per heavy atom. The molecule has 6 nitrogen and oxygen atoms in total. The van der Waals surface area contributed by atoms with Crippen molar-refractivity contribution in [3.8, 4) is 0 Å². The van der Waals surface area contributed by atoms with Gasteiger partial charge in [-0.3, -0.25) is 4.79 Å². The molecular formula is C18H23N3O3S2. The molecule has 2 unspecified atom stereocenters. The molecule has 0 aliphatic carbocycles. The summed E-state index contributed by atoms with van der Waals surface area (Å²) >= 11 is 1.50. The minimum absolute atomic E-state index is 0.0899. The number of benzene rings is 1. The lowest BCUT2D eigenvalue weighted by molar-refractivity contribution is 0.0915. The van der Waals surface area contributed by atoms with Crippen molar-refractivity contribution in [1.29, 1.82) is 0 Å². The van der Waals surface area contributed by atoms with Gasteiger partial charge >= 0.3 is 0 Å². The lowest BCUT2D eigenvalue weighted by atomic mass is 9.94. The summed E-state index contributed by atoms with van der Waals surface area (Å²) in [4.78, 5) is 13.5. The number of amides is 1. The van der Waals surface area contributed by atoms with Gasteiger partial charge < -0.3 is 10.6 Å². The van der Waals surface area contributed by atoms with E-state index in [2.05, 4.69) is 22.3 Å². The van der Waals surface area contributed by atoms with Crippen molar-refractivity contribution in [3.05, 3.63) is 52.2 Å². The zero-order valence-electron chi connectivity index (χ0n) is 14.6. The third-order valence-electron chi connectivity index (χ3n) is 4.59. The van der Waals surface area contributed by atoms with Crippen molar-refractivity contribution in [1.82, 2.24) is 15.4 Å². The van der Waals surface area contributed by atoms with Crippen molar-refractivity contribution < 1.29 is 13.2 Å². The number of sulfonamides is 1. The highest BCUT2D eigenvalue weighted by Crippen LogP contribution is 2.15. The Labute approximate surface area is 158 Å². The zero-order valence-corrected chi connectivity index (χ0v) is 16.2. The SMILES string of the molecule is CC1CCNCC1NC(=O)c1ccc(S(=O)(=O)NCc2cccs2)cc1. The van der Waals surface area contributed by atoms with E-state index in [1.54, 1.807) is 12.1 Å². The normalized spacial score (nSPS) is 20.7. The molecule has 26 heavy (non-hydrogen) atoms. The maximum atomic E-state index is 12.4. The Morgan fingerprint density at radius 1 is 1.27 bits per heavy atom. The molecule has 1 fully saturated rings. The molecule has 2 aromatic rings. The van der Waals surface area contributed by atoms with Crippen LogP contribution in [0.4, 0.5) is 0 Å². The van der Waals surface area contributed by atoms with Gasteiger partial charge in [-0.25, -0.2) is 13.1 Å².